The number of hydrogen-bond acceptors (Lipinski definition) is 5. The van der Waals surface area contributed by atoms with Gasteiger partial charge in [0, 0.05) is 18.5 Å². The number of aromatic nitrogens is 3. The molecule has 0 atom stereocenters. The molecule has 172 valence electrons. The topological polar surface area (TPSA) is 51.9 Å². The molecule has 6 nitrogen and oxygen atoms in total. The SMILES string of the molecule is CCN(CC)CCOc1cc(Cc2nc3cccc(-c4ccc(OC)cc4)n3n2)ccc1C. The summed E-state index contributed by atoms with van der Waals surface area (Å²) in [6.07, 6.45) is 0.649. The molecular weight excluding hydrogens is 412 g/mol. The van der Waals surface area contributed by atoms with Crippen molar-refractivity contribution in [1.82, 2.24) is 19.5 Å². The van der Waals surface area contributed by atoms with Gasteiger partial charge in [0.25, 0.3) is 0 Å². The van der Waals surface area contributed by atoms with Crippen LogP contribution in [0.3, 0.4) is 0 Å². The van der Waals surface area contributed by atoms with Crippen LogP contribution in [0.15, 0.2) is 60.7 Å². The Hall–Kier alpha value is -3.38. The minimum atomic E-state index is 0.649. The normalized spacial score (nSPS) is 11.3. The molecule has 0 aliphatic carbocycles. The summed E-state index contributed by atoms with van der Waals surface area (Å²) >= 11 is 0. The summed E-state index contributed by atoms with van der Waals surface area (Å²) in [5.41, 5.74) is 5.18. The number of pyridine rings is 1. The smallest absolute Gasteiger partial charge is 0.156 e. The first-order valence-electron chi connectivity index (χ1n) is 11.5. The van der Waals surface area contributed by atoms with Crippen molar-refractivity contribution in [2.24, 2.45) is 0 Å². The molecule has 6 heteroatoms. The van der Waals surface area contributed by atoms with Crippen molar-refractivity contribution in [2.75, 3.05) is 33.4 Å². The van der Waals surface area contributed by atoms with Crippen LogP contribution in [0.5, 0.6) is 11.5 Å². The number of ether oxygens (including phenoxy) is 2. The van der Waals surface area contributed by atoms with E-state index < -0.39 is 0 Å². The molecular formula is C27H32N4O2. The molecule has 0 saturated heterocycles. The van der Waals surface area contributed by atoms with Gasteiger partial charge in [-0.25, -0.2) is 9.50 Å². The van der Waals surface area contributed by atoms with E-state index in [-0.39, 0.29) is 0 Å². The van der Waals surface area contributed by atoms with Crippen molar-refractivity contribution in [3.63, 3.8) is 0 Å². The Morgan fingerprint density at radius 3 is 2.48 bits per heavy atom. The number of hydrogen-bond donors (Lipinski definition) is 0. The maximum Gasteiger partial charge on any atom is 0.156 e. The zero-order valence-corrected chi connectivity index (χ0v) is 19.9. The molecule has 0 fully saturated rings. The average molecular weight is 445 g/mol. The van der Waals surface area contributed by atoms with E-state index in [1.807, 2.05) is 40.9 Å². The summed E-state index contributed by atoms with van der Waals surface area (Å²) in [7, 11) is 1.67. The van der Waals surface area contributed by atoms with Gasteiger partial charge >= 0.3 is 0 Å². The molecule has 2 aromatic carbocycles. The van der Waals surface area contributed by atoms with Gasteiger partial charge in [0.2, 0.25) is 0 Å². The van der Waals surface area contributed by atoms with E-state index >= 15 is 0 Å². The van der Waals surface area contributed by atoms with Crippen LogP contribution in [-0.4, -0.2) is 52.8 Å². The minimum absolute atomic E-state index is 0.649. The standard InChI is InChI=1S/C27H32N4O2/c1-5-30(6-2)16-17-33-25-18-21(11-10-20(25)3)19-26-28-27-9-7-8-24(31(27)29-26)22-12-14-23(32-4)15-13-22/h7-15,18H,5-6,16-17,19H2,1-4H3. The fourth-order valence-corrected chi connectivity index (χ4v) is 3.92. The first-order valence-corrected chi connectivity index (χ1v) is 11.5. The second-order valence-electron chi connectivity index (χ2n) is 8.09. The Bertz CT molecular complexity index is 1200. The highest BCUT2D eigenvalue weighted by Crippen LogP contribution is 2.24. The predicted octanol–water partition coefficient (Wildman–Crippen LogP) is 5.02. The van der Waals surface area contributed by atoms with E-state index in [9.17, 15) is 0 Å². The second kappa shape index (κ2) is 10.5. The largest absolute Gasteiger partial charge is 0.497 e. The summed E-state index contributed by atoms with van der Waals surface area (Å²) < 4.78 is 13.3. The van der Waals surface area contributed by atoms with Crippen LogP contribution in [0.2, 0.25) is 0 Å². The lowest BCUT2D eigenvalue weighted by Gasteiger charge is -2.18. The Morgan fingerprint density at radius 1 is 0.970 bits per heavy atom. The molecule has 2 heterocycles. The van der Waals surface area contributed by atoms with Crippen LogP contribution < -0.4 is 9.47 Å². The third-order valence-corrected chi connectivity index (χ3v) is 5.96. The Morgan fingerprint density at radius 2 is 1.76 bits per heavy atom. The second-order valence-corrected chi connectivity index (χ2v) is 8.09. The minimum Gasteiger partial charge on any atom is -0.497 e. The number of nitrogens with zero attached hydrogens (tertiary/aromatic N) is 4. The number of rotatable bonds is 10. The molecule has 0 amide bonds. The van der Waals surface area contributed by atoms with Gasteiger partial charge in [-0.1, -0.05) is 32.0 Å². The highest BCUT2D eigenvalue weighted by Gasteiger charge is 2.11. The van der Waals surface area contributed by atoms with E-state index in [0.29, 0.717) is 13.0 Å². The molecule has 0 aliphatic rings. The Labute approximate surface area is 195 Å². The lowest BCUT2D eigenvalue weighted by molar-refractivity contribution is 0.222. The highest BCUT2D eigenvalue weighted by atomic mass is 16.5. The number of methoxy groups -OCH3 is 1. The van der Waals surface area contributed by atoms with Crippen LogP contribution in [-0.2, 0) is 6.42 Å². The van der Waals surface area contributed by atoms with Crippen LogP contribution in [0.4, 0.5) is 0 Å². The lowest BCUT2D eigenvalue weighted by atomic mass is 10.1. The summed E-state index contributed by atoms with van der Waals surface area (Å²) in [6.45, 7) is 10.1. The van der Waals surface area contributed by atoms with E-state index in [2.05, 4.69) is 49.9 Å². The van der Waals surface area contributed by atoms with Crippen LogP contribution in [0.1, 0.15) is 30.8 Å². The van der Waals surface area contributed by atoms with Crippen LogP contribution in [0.25, 0.3) is 16.9 Å². The summed E-state index contributed by atoms with van der Waals surface area (Å²) in [4.78, 5) is 7.13. The monoisotopic (exact) mass is 444 g/mol. The first kappa shape index (κ1) is 22.8. The molecule has 0 N–H and O–H groups in total. The Kier molecular flexibility index (Phi) is 7.25. The number of benzene rings is 2. The molecule has 33 heavy (non-hydrogen) atoms. The molecule has 4 rings (SSSR count). The van der Waals surface area contributed by atoms with Gasteiger partial charge in [-0.3, -0.25) is 0 Å². The van der Waals surface area contributed by atoms with Crippen molar-refractivity contribution in [1.29, 1.82) is 0 Å². The van der Waals surface area contributed by atoms with Crippen molar-refractivity contribution in [3.05, 3.63) is 77.6 Å². The summed E-state index contributed by atoms with van der Waals surface area (Å²) in [5, 5.41) is 4.81. The van der Waals surface area contributed by atoms with Gasteiger partial charge in [-0.2, -0.15) is 5.10 Å². The van der Waals surface area contributed by atoms with E-state index in [1.54, 1.807) is 7.11 Å². The Balaban J connectivity index is 1.53. The van der Waals surface area contributed by atoms with Crippen molar-refractivity contribution < 1.29 is 9.47 Å². The highest BCUT2D eigenvalue weighted by molar-refractivity contribution is 5.63. The van der Waals surface area contributed by atoms with Gasteiger partial charge in [0.1, 0.15) is 18.1 Å². The van der Waals surface area contributed by atoms with Crippen LogP contribution >= 0.6 is 0 Å². The van der Waals surface area contributed by atoms with Crippen molar-refractivity contribution in [2.45, 2.75) is 27.2 Å². The molecule has 0 saturated carbocycles. The molecule has 0 unspecified atom stereocenters. The summed E-state index contributed by atoms with van der Waals surface area (Å²) in [6, 6.07) is 20.4. The maximum absolute atomic E-state index is 6.11. The summed E-state index contributed by atoms with van der Waals surface area (Å²) in [5.74, 6) is 2.55. The predicted molar refractivity (Wildman–Crippen MR) is 132 cm³/mol. The molecule has 2 aromatic heterocycles. The molecule has 0 aliphatic heterocycles. The van der Waals surface area contributed by atoms with E-state index in [1.165, 1.54) is 0 Å². The maximum atomic E-state index is 6.11. The first-order chi connectivity index (χ1) is 16.1. The molecule has 0 bridgehead atoms. The molecule has 0 radical (unpaired) electrons. The lowest BCUT2D eigenvalue weighted by Crippen LogP contribution is -2.28. The van der Waals surface area contributed by atoms with Gasteiger partial charge < -0.3 is 14.4 Å². The number of aryl methyl sites for hydroxylation is 1. The zero-order valence-electron chi connectivity index (χ0n) is 19.9. The van der Waals surface area contributed by atoms with Gasteiger partial charge in [0.15, 0.2) is 11.5 Å². The fourth-order valence-electron chi connectivity index (χ4n) is 3.92. The van der Waals surface area contributed by atoms with Crippen molar-refractivity contribution >= 4 is 5.65 Å². The fraction of sp³-hybridized carbons (Fsp3) is 0.333. The number of fused-ring (bicyclic) bond motifs is 1. The van der Waals surface area contributed by atoms with E-state index in [4.69, 9.17) is 19.6 Å². The third kappa shape index (κ3) is 5.34. The van der Waals surface area contributed by atoms with Crippen LogP contribution in [0, 0.1) is 6.92 Å². The molecule has 4 aromatic rings. The van der Waals surface area contributed by atoms with Gasteiger partial charge in [-0.15, -0.1) is 0 Å². The van der Waals surface area contributed by atoms with Gasteiger partial charge in [-0.05, 0) is 73.6 Å². The van der Waals surface area contributed by atoms with Crippen molar-refractivity contribution in [3.8, 4) is 22.8 Å². The quantitative estimate of drug-likeness (QED) is 0.344. The molecule has 0 spiro atoms. The number of likely N-dealkylation sites (N-methyl/N-ethyl adjacent to an activating group) is 1. The zero-order chi connectivity index (χ0) is 23.2. The third-order valence-electron chi connectivity index (χ3n) is 5.96. The average Bonchev–Trinajstić information content (AvgIpc) is 3.26. The van der Waals surface area contributed by atoms with Gasteiger partial charge in [0.05, 0.1) is 12.8 Å². The van der Waals surface area contributed by atoms with E-state index in [0.717, 1.165) is 65.0 Å².